The summed E-state index contributed by atoms with van der Waals surface area (Å²) < 4.78 is 11.3. The highest BCUT2D eigenvalue weighted by atomic mass is 35.5. The van der Waals surface area contributed by atoms with Gasteiger partial charge in [-0.05, 0) is 24.6 Å². The molecule has 2 aromatic carbocycles. The Balaban J connectivity index is 0.00000392. The third-order valence-corrected chi connectivity index (χ3v) is 4.25. The normalized spacial score (nSPS) is 12.7. The standard InChI is InChI=1S/C22H29NO4.ClH/c1-3-13-23-15-19(24)16-27-21(22(25)17-9-5-4-6-10-17)14-18-11-7-8-12-20(18)26-2;/h4-12,19,21,23-24H,3,13-16H2,1-2H3;1H. The van der Waals surface area contributed by atoms with Crippen molar-refractivity contribution in [3.8, 4) is 5.75 Å². The molecule has 0 aliphatic rings. The lowest BCUT2D eigenvalue weighted by Crippen LogP contribution is -2.35. The molecule has 2 rings (SSSR count). The molecule has 0 spiro atoms. The molecule has 0 heterocycles. The van der Waals surface area contributed by atoms with E-state index in [4.69, 9.17) is 9.47 Å². The summed E-state index contributed by atoms with van der Waals surface area (Å²) in [4.78, 5) is 13.0. The van der Waals surface area contributed by atoms with Crippen molar-refractivity contribution >= 4 is 18.2 Å². The maximum absolute atomic E-state index is 13.0. The topological polar surface area (TPSA) is 67.8 Å². The predicted molar refractivity (Wildman–Crippen MR) is 114 cm³/mol. The van der Waals surface area contributed by atoms with E-state index in [2.05, 4.69) is 12.2 Å². The zero-order chi connectivity index (χ0) is 19.5. The zero-order valence-corrected chi connectivity index (χ0v) is 17.3. The lowest BCUT2D eigenvalue weighted by Gasteiger charge is -2.20. The Morgan fingerprint density at radius 1 is 1.11 bits per heavy atom. The third kappa shape index (κ3) is 7.60. The van der Waals surface area contributed by atoms with Crippen LogP contribution in [0.4, 0.5) is 0 Å². The molecule has 28 heavy (non-hydrogen) atoms. The molecule has 0 bridgehead atoms. The van der Waals surface area contributed by atoms with Gasteiger partial charge >= 0.3 is 0 Å². The summed E-state index contributed by atoms with van der Waals surface area (Å²) in [6.07, 6.45) is 0.0217. The number of Topliss-reactive ketones (excluding diaryl/α,β-unsaturated/α-hetero) is 1. The average Bonchev–Trinajstić information content (AvgIpc) is 2.71. The number of methoxy groups -OCH3 is 1. The highest BCUT2D eigenvalue weighted by Gasteiger charge is 2.23. The fraction of sp³-hybridized carbons (Fsp3) is 0.409. The van der Waals surface area contributed by atoms with Crippen LogP contribution in [-0.2, 0) is 11.2 Å². The Hall–Kier alpha value is -1.92. The summed E-state index contributed by atoms with van der Waals surface area (Å²) in [7, 11) is 1.61. The number of carbonyl (C=O) groups excluding carboxylic acids is 1. The van der Waals surface area contributed by atoms with Crippen LogP contribution in [0.1, 0.15) is 29.3 Å². The van der Waals surface area contributed by atoms with Crippen molar-refractivity contribution in [2.24, 2.45) is 0 Å². The van der Waals surface area contributed by atoms with Crippen molar-refractivity contribution in [1.82, 2.24) is 5.32 Å². The molecule has 0 radical (unpaired) electrons. The van der Waals surface area contributed by atoms with E-state index >= 15 is 0 Å². The van der Waals surface area contributed by atoms with Crippen molar-refractivity contribution in [2.45, 2.75) is 32.0 Å². The van der Waals surface area contributed by atoms with E-state index in [-0.39, 0.29) is 24.8 Å². The molecule has 2 aromatic rings. The second kappa shape index (κ2) is 13.3. The Morgan fingerprint density at radius 2 is 1.79 bits per heavy atom. The number of ketones is 1. The lowest BCUT2D eigenvalue weighted by atomic mass is 9.99. The first-order valence-corrected chi connectivity index (χ1v) is 9.37. The number of benzene rings is 2. The van der Waals surface area contributed by atoms with Gasteiger partial charge in [0.05, 0.1) is 19.8 Å². The molecule has 0 aromatic heterocycles. The lowest BCUT2D eigenvalue weighted by molar-refractivity contribution is -0.00176. The Kier molecular flexibility index (Phi) is 11.4. The number of nitrogens with one attached hydrogen (secondary N) is 1. The third-order valence-electron chi connectivity index (χ3n) is 4.25. The highest BCUT2D eigenvalue weighted by molar-refractivity contribution is 5.99. The SMILES string of the molecule is CCCNCC(O)COC(Cc1ccccc1OC)C(=O)c1ccccc1.Cl. The molecule has 0 amide bonds. The molecule has 5 nitrogen and oxygen atoms in total. The van der Waals surface area contributed by atoms with E-state index < -0.39 is 12.2 Å². The maximum atomic E-state index is 13.0. The number of aliphatic hydroxyl groups is 1. The molecule has 154 valence electrons. The molecular formula is C22H30ClNO4. The number of carbonyl (C=O) groups is 1. The zero-order valence-electron chi connectivity index (χ0n) is 16.5. The number of hydrogen-bond acceptors (Lipinski definition) is 5. The van der Waals surface area contributed by atoms with Crippen LogP contribution >= 0.6 is 12.4 Å². The fourth-order valence-electron chi connectivity index (χ4n) is 2.82. The number of halogens is 1. The summed E-state index contributed by atoms with van der Waals surface area (Å²) in [5, 5.41) is 13.3. The molecule has 0 saturated heterocycles. The average molecular weight is 408 g/mol. The second-order valence-corrected chi connectivity index (χ2v) is 6.43. The van der Waals surface area contributed by atoms with Gasteiger partial charge in [-0.3, -0.25) is 4.79 Å². The van der Waals surface area contributed by atoms with Crippen LogP contribution in [0.5, 0.6) is 5.75 Å². The van der Waals surface area contributed by atoms with Gasteiger partial charge in [-0.1, -0.05) is 55.5 Å². The number of para-hydroxylation sites is 1. The minimum absolute atomic E-state index is 0. The first-order chi connectivity index (χ1) is 13.2. The van der Waals surface area contributed by atoms with Crippen molar-refractivity contribution in [3.05, 3.63) is 65.7 Å². The Bertz CT molecular complexity index is 696. The van der Waals surface area contributed by atoms with Gasteiger partial charge in [0, 0.05) is 18.5 Å². The summed E-state index contributed by atoms with van der Waals surface area (Å²) >= 11 is 0. The van der Waals surface area contributed by atoms with Gasteiger partial charge in [0.25, 0.3) is 0 Å². The summed E-state index contributed by atoms with van der Waals surface area (Å²) in [6.45, 7) is 3.44. The van der Waals surface area contributed by atoms with Gasteiger partial charge in [-0.15, -0.1) is 12.4 Å². The van der Waals surface area contributed by atoms with E-state index in [1.165, 1.54) is 0 Å². The van der Waals surface area contributed by atoms with E-state index in [1.807, 2.05) is 42.5 Å². The molecule has 6 heteroatoms. The minimum atomic E-state index is -0.690. The maximum Gasteiger partial charge on any atom is 0.191 e. The van der Waals surface area contributed by atoms with Gasteiger partial charge in [0.2, 0.25) is 0 Å². The minimum Gasteiger partial charge on any atom is -0.496 e. The van der Waals surface area contributed by atoms with Crippen LogP contribution in [0.2, 0.25) is 0 Å². The molecule has 0 saturated carbocycles. The van der Waals surface area contributed by atoms with Gasteiger partial charge in [-0.25, -0.2) is 0 Å². The quantitative estimate of drug-likeness (QED) is 0.417. The van der Waals surface area contributed by atoms with Crippen LogP contribution < -0.4 is 10.1 Å². The summed E-state index contributed by atoms with van der Waals surface area (Å²) in [5.41, 5.74) is 1.49. The van der Waals surface area contributed by atoms with Crippen molar-refractivity contribution in [3.63, 3.8) is 0 Å². The Labute approximate surface area is 173 Å². The molecule has 2 unspecified atom stereocenters. The van der Waals surface area contributed by atoms with E-state index in [1.54, 1.807) is 19.2 Å². The fourth-order valence-corrected chi connectivity index (χ4v) is 2.82. The molecule has 2 atom stereocenters. The van der Waals surface area contributed by atoms with Gasteiger partial charge in [-0.2, -0.15) is 0 Å². The summed E-state index contributed by atoms with van der Waals surface area (Å²) in [5.74, 6) is 0.618. The van der Waals surface area contributed by atoms with Crippen molar-refractivity contribution in [2.75, 3.05) is 26.8 Å². The molecular weight excluding hydrogens is 378 g/mol. The Morgan fingerprint density at radius 3 is 2.46 bits per heavy atom. The number of ether oxygens (including phenoxy) is 2. The molecule has 0 aliphatic carbocycles. The van der Waals surface area contributed by atoms with E-state index in [0.717, 1.165) is 24.3 Å². The molecule has 0 aliphatic heterocycles. The van der Waals surface area contributed by atoms with Gasteiger partial charge in [0.15, 0.2) is 5.78 Å². The van der Waals surface area contributed by atoms with Crippen LogP contribution in [0.25, 0.3) is 0 Å². The number of aliphatic hydroxyl groups excluding tert-OH is 1. The van der Waals surface area contributed by atoms with Crippen molar-refractivity contribution < 1.29 is 19.4 Å². The first-order valence-electron chi connectivity index (χ1n) is 9.37. The molecule has 0 fully saturated rings. The van der Waals surface area contributed by atoms with Crippen LogP contribution in [0.15, 0.2) is 54.6 Å². The van der Waals surface area contributed by atoms with Crippen LogP contribution in [0, 0.1) is 0 Å². The van der Waals surface area contributed by atoms with Gasteiger partial charge < -0.3 is 19.9 Å². The largest absolute Gasteiger partial charge is 0.496 e. The highest BCUT2D eigenvalue weighted by Crippen LogP contribution is 2.21. The first kappa shape index (κ1) is 24.1. The number of hydrogen-bond donors (Lipinski definition) is 2. The van der Waals surface area contributed by atoms with Crippen LogP contribution in [-0.4, -0.2) is 49.9 Å². The number of rotatable bonds is 12. The van der Waals surface area contributed by atoms with Crippen LogP contribution in [0.3, 0.4) is 0 Å². The van der Waals surface area contributed by atoms with E-state index in [9.17, 15) is 9.90 Å². The second-order valence-electron chi connectivity index (χ2n) is 6.43. The molecule has 2 N–H and O–H groups in total. The monoisotopic (exact) mass is 407 g/mol. The summed E-state index contributed by atoms with van der Waals surface area (Å²) in [6, 6.07) is 16.7. The smallest absolute Gasteiger partial charge is 0.191 e. The van der Waals surface area contributed by atoms with Gasteiger partial charge in [0.1, 0.15) is 11.9 Å². The van der Waals surface area contributed by atoms with E-state index in [0.29, 0.717) is 18.5 Å². The van der Waals surface area contributed by atoms with Crippen molar-refractivity contribution in [1.29, 1.82) is 0 Å². The predicted octanol–water partition coefficient (Wildman–Crippen LogP) is 3.29.